The van der Waals surface area contributed by atoms with Crippen molar-refractivity contribution in [3.63, 3.8) is 0 Å². The number of methoxy groups -OCH3 is 3. The molecule has 15 unspecified atom stereocenters. The van der Waals surface area contributed by atoms with Crippen LogP contribution < -0.4 is 0 Å². The molecule has 3 heterocycles. The van der Waals surface area contributed by atoms with Gasteiger partial charge in [0.2, 0.25) is 5.79 Å². The highest BCUT2D eigenvalue weighted by atomic mass is 16.7. The first-order valence-corrected chi connectivity index (χ1v) is 25.0. The molecule has 2 bridgehead atoms. The lowest BCUT2D eigenvalue weighted by molar-refractivity contribution is -0.302. The van der Waals surface area contributed by atoms with Crippen molar-refractivity contribution in [1.82, 2.24) is 4.90 Å². The second-order valence-corrected chi connectivity index (χ2v) is 20.0. The minimum Gasteiger partial charge on any atom is -0.456 e. The van der Waals surface area contributed by atoms with Crippen molar-refractivity contribution in [1.29, 1.82) is 0 Å². The number of hydrogen-bond acceptors (Lipinski definition) is 13. The number of nitrogens with zero attached hydrogens (tertiary/aromatic N) is 1. The van der Waals surface area contributed by atoms with Crippen LogP contribution in [0.1, 0.15) is 124 Å². The van der Waals surface area contributed by atoms with Crippen molar-refractivity contribution < 1.29 is 62.5 Å². The van der Waals surface area contributed by atoms with Crippen LogP contribution in [0.5, 0.6) is 0 Å². The van der Waals surface area contributed by atoms with Gasteiger partial charge in [0.1, 0.15) is 30.1 Å². The molecule has 14 heteroatoms. The number of esters is 1. The van der Waals surface area contributed by atoms with Crippen LogP contribution in [0, 0.1) is 29.6 Å². The van der Waals surface area contributed by atoms with E-state index in [2.05, 4.69) is 19.6 Å². The molecule has 380 valence electrons. The summed E-state index contributed by atoms with van der Waals surface area (Å²) in [5, 5.41) is 24.0. The molecule has 0 aromatic heterocycles. The average molecular weight is 952 g/mol. The van der Waals surface area contributed by atoms with E-state index in [-0.39, 0.29) is 61.7 Å². The molecule has 3 fully saturated rings. The van der Waals surface area contributed by atoms with E-state index in [4.69, 9.17) is 33.2 Å². The van der Waals surface area contributed by atoms with Gasteiger partial charge in [-0.05, 0) is 101 Å². The SMILES string of the molecule is C=CCOC(COC1CCC(C=C(C)C2OC(=O)C3CCCCN3C(=O)C(=O)C3(O)OC(C(OC)CC(C)C/C(C)=C/C(CC)C(=O)CC(O)C2C)C(OC)CC3C)CC1OC)c1ccccc1. The van der Waals surface area contributed by atoms with Crippen LogP contribution in [0.15, 0.2) is 66.3 Å². The maximum absolute atomic E-state index is 14.6. The summed E-state index contributed by atoms with van der Waals surface area (Å²) in [6.45, 7) is 15.9. The normalized spacial score (nSPS) is 36.7. The Kier molecular flexibility index (Phi) is 21.2. The van der Waals surface area contributed by atoms with Crippen molar-refractivity contribution in [2.75, 3.05) is 41.1 Å². The fourth-order valence-electron chi connectivity index (χ4n) is 10.9. The van der Waals surface area contributed by atoms with E-state index in [1.807, 2.05) is 57.2 Å². The third-order valence-corrected chi connectivity index (χ3v) is 14.9. The Labute approximate surface area is 405 Å². The molecule has 5 rings (SSSR count). The maximum Gasteiger partial charge on any atom is 0.329 e. The van der Waals surface area contributed by atoms with Crippen LogP contribution >= 0.6 is 0 Å². The zero-order valence-corrected chi connectivity index (χ0v) is 42.1. The molecule has 1 aliphatic carbocycles. The number of piperidine rings is 1. The van der Waals surface area contributed by atoms with Crippen molar-refractivity contribution >= 4 is 23.4 Å². The lowest BCUT2D eigenvalue weighted by Gasteiger charge is -2.47. The molecule has 15 atom stereocenters. The van der Waals surface area contributed by atoms with E-state index in [1.54, 1.807) is 27.0 Å². The second-order valence-electron chi connectivity index (χ2n) is 20.0. The lowest BCUT2D eigenvalue weighted by Crippen LogP contribution is -2.64. The Hall–Kier alpha value is -3.60. The molecular weight excluding hydrogens is 871 g/mol. The van der Waals surface area contributed by atoms with Gasteiger partial charge in [-0.1, -0.05) is 81.8 Å². The summed E-state index contributed by atoms with van der Waals surface area (Å²) >= 11 is 0. The molecular formula is C54H81NO13. The molecule has 0 spiro atoms. The van der Waals surface area contributed by atoms with Gasteiger partial charge in [-0.15, -0.1) is 6.58 Å². The van der Waals surface area contributed by atoms with Gasteiger partial charge in [0.05, 0.1) is 43.7 Å². The van der Waals surface area contributed by atoms with Gasteiger partial charge in [-0.25, -0.2) is 4.79 Å². The molecule has 14 nitrogen and oxygen atoms in total. The van der Waals surface area contributed by atoms with E-state index in [0.717, 1.165) is 17.6 Å². The van der Waals surface area contributed by atoms with E-state index in [0.29, 0.717) is 63.7 Å². The van der Waals surface area contributed by atoms with Gasteiger partial charge >= 0.3 is 5.97 Å². The number of allylic oxidation sites excluding steroid dienone is 3. The predicted octanol–water partition coefficient (Wildman–Crippen LogP) is 7.44. The fraction of sp³-hybridized carbons (Fsp3) is 0.704. The fourth-order valence-corrected chi connectivity index (χ4v) is 10.9. The Morgan fingerprint density at radius 2 is 1.62 bits per heavy atom. The number of ketones is 2. The minimum atomic E-state index is -2.51. The highest BCUT2D eigenvalue weighted by molar-refractivity contribution is 6.39. The summed E-state index contributed by atoms with van der Waals surface area (Å²) in [7, 11) is 4.75. The number of ether oxygens (including phenoxy) is 7. The first-order chi connectivity index (χ1) is 32.5. The molecule has 0 radical (unpaired) electrons. The van der Waals surface area contributed by atoms with Gasteiger partial charge in [-0.2, -0.15) is 0 Å². The maximum atomic E-state index is 14.6. The first kappa shape index (κ1) is 55.3. The Balaban J connectivity index is 1.45. The first-order valence-electron chi connectivity index (χ1n) is 25.0. The highest BCUT2D eigenvalue weighted by Gasteiger charge is 2.56. The molecule has 4 aliphatic rings. The third kappa shape index (κ3) is 13.8. The van der Waals surface area contributed by atoms with Gasteiger partial charge in [0.15, 0.2) is 0 Å². The number of aliphatic hydroxyl groups is 2. The number of carbonyl (C=O) groups excluding carboxylic acids is 4. The molecule has 2 N–H and O–H groups in total. The van der Waals surface area contributed by atoms with Gasteiger partial charge in [0, 0.05) is 52.0 Å². The van der Waals surface area contributed by atoms with Crippen molar-refractivity contribution in [3.05, 3.63) is 71.8 Å². The van der Waals surface area contributed by atoms with E-state index < -0.39 is 77.8 Å². The predicted molar refractivity (Wildman–Crippen MR) is 257 cm³/mol. The Morgan fingerprint density at radius 3 is 2.28 bits per heavy atom. The Morgan fingerprint density at radius 1 is 0.926 bits per heavy atom. The minimum absolute atomic E-state index is 0.000581. The highest BCUT2D eigenvalue weighted by Crippen LogP contribution is 2.40. The van der Waals surface area contributed by atoms with Crippen LogP contribution in [0.4, 0.5) is 0 Å². The molecule has 1 aromatic carbocycles. The molecule has 1 saturated carbocycles. The summed E-state index contributed by atoms with van der Waals surface area (Å²) < 4.78 is 43.1. The Bertz CT molecular complexity index is 1890. The molecule has 1 amide bonds. The summed E-state index contributed by atoms with van der Waals surface area (Å²) in [5.74, 6) is -7.56. The smallest absolute Gasteiger partial charge is 0.329 e. The molecule has 1 aromatic rings. The van der Waals surface area contributed by atoms with E-state index in [1.165, 1.54) is 19.1 Å². The van der Waals surface area contributed by atoms with Crippen LogP contribution in [0.2, 0.25) is 0 Å². The third-order valence-electron chi connectivity index (χ3n) is 14.9. The molecule has 3 aliphatic heterocycles. The number of carbonyl (C=O) groups is 4. The van der Waals surface area contributed by atoms with Crippen LogP contribution in [-0.4, -0.2) is 134 Å². The van der Waals surface area contributed by atoms with Crippen LogP contribution in [0.3, 0.4) is 0 Å². The zero-order chi connectivity index (χ0) is 49.7. The average Bonchev–Trinajstić information content (AvgIpc) is 3.34. The summed E-state index contributed by atoms with van der Waals surface area (Å²) in [6.07, 6.45) is 5.90. The lowest BCUT2D eigenvalue weighted by atomic mass is 9.81. The number of fused-ring (bicyclic) bond motifs is 3. The summed E-state index contributed by atoms with van der Waals surface area (Å²) in [6, 6.07) is 8.78. The van der Waals surface area contributed by atoms with Crippen LogP contribution in [0.25, 0.3) is 0 Å². The number of benzene rings is 1. The summed E-state index contributed by atoms with van der Waals surface area (Å²) in [4.78, 5) is 58.6. The van der Waals surface area contributed by atoms with Crippen LogP contribution in [-0.2, 0) is 52.3 Å². The number of aliphatic hydroxyl groups excluding tert-OH is 1. The topological polar surface area (TPSA) is 177 Å². The zero-order valence-electron chi connectivity index (χ0n) is 42.1. The number of Topliss-reactive ketones (excluding diaryl/α,β-unsaturated/α-hetero) is 2. The quantitative estimate of drug-likeness (QED) is 0.113. The number of hydrogen-bond donors (Lipinski definition) is 2. The molecule has 2 saturated heterocycles. The van der Waals surface area contributed by atoms with Crippen molar-refractivity contribution in [2.24, 2.45) is 29.6 Å². The van der Waals surface area contributed by atoms with Gasteiger partial charge in [-0.3, -0.25) is 14.4 Å². The second kappa shape index (κ2) is 26.0. The van der Waals surface area contributed by atoms with Gasteiger partial charge < -0.3 is 48.3 Å². The van der Waals surface area contributed by atoms with Gasteiger partial charge in [0.25, 0.3) is 11.7 Å². The van der Waals surface area contributed by atoms with E-state index >= 15 is 0 Å². The molecule has 68 heavy (non-hydrogen) atoms. The largest absolute Gasteiger partial charge is 0.456 e. The standard InChI is InChI=1S/C54H81NO13/c1-11-24-65-48(40-18-14-13-15-19-40)32-66-44-22-21-38(30-45(44)62-8)28-35(5)49-37(7)42(56)31-43(57)39(12-2)26-33(3)25-34(4)27-46(63-9)50-47(64-10)29-36(6)54(61,68-50)51(58)52(59)55-23-17-16-20-41(55)53(60)67-49/h11,13-15,18-19,26,28,34,36-39,41-42,44-50,56,61H,1,12,16-17,20-25,27,29-32H2,2-10H3/b33-26+,35-28?. The number of amides is 1. The van der Waals surface area contributed by atoms with E-state index in [9.17, 15) is 29.4 Å². The van der Waals surface area contributed by atoms with Crippen molar-refractivity contribution in [2.45, 2.75) is 173 Å². The summed E-state index contributed by atoms with van der Waals surface area (Å²) in [5.41, 5.74) is 2.69. The number of cyclic esters (lactones) is 1. The number of rotatable bonds is 13. The van der Waals surface area contributed by atoms with Crippen molar-refractivity contribution in [3.8, 4) is 0 Å². The monoisotopic (exact) mass is 952 g/mol.